The third-order valence-corrected chi connectivity index (χ3v) is 1.78. The summed E-state index contributed by atoms with van der Waals surface area (Å²) in [7, 11) is 0. The fourth-order valence-electron chi connectivity index (χ4n) is 0.381. The number of carbonyl (C=O) groups is 1. The van der Waals surface area contributed by atoms with Crippen LogP contribution in [0.4, 0.5) is 8.78 Å². The molecule has 0 rings (SSSR count). The van der Waals surface area contributed by atoms with E-state index in [1.54, 1.807) is 20.8 Å². The van der Waals surface area contributed by atoms with Crippen molar-refractivity contribution in [3.05, 3.63) is 0 Å². The average Bonchev–Trinajstić information content (AvgIpc) is 1.85. The Morgan fingerprint density at radius 1 is 1.50 bits per heavy atom. The Morgan fingerprint density at radius 2 is 1.92 bits per heavy atom. The van der Waals surface area contributed by atoms with Gasteiger partial charge in [-0.25, -0.2) is 4.79 Å². The standard InChI is InChI=1S/C7H11BrF2O2/c1-4-6(2,3)12-5(11)7(8,9)10/h4H2,1-3H3. The van der Waals surface area contributed by atoms with E-state index < -0.39 is 16.4 Å². The number of carbonyl (C=O) groups excluding carboxylic acids is 1. The van der Waals surface area contributed by atoms with E-state index in [1.807, 2.05) is 15.9 Å². The summed E-state index contributed by atoms with van der Waals surface area (Å²) in [4.78, 5) is 7.04. The Kier molecular flexibility index (Phi) is 3.62. The van der Waals surface area contributed by atoms with Gasteiger partial charge in [0.15, 0.2) is 0 Å². The Bertz CT molecular complexity index is 175. The number of alkyl halides is 3. The summed E-state index contributed by atoms with van der Waals surface area (Å²) in [6.45, 7) is 4.90. The van der Waals surface area contributed by atoms with E-state index in [0.29, 0.717) is 6.42 Å². The average molecular weight is 245 g/mol. The maximum absolute atomic E-state index is 12.2. The lowest BCUT2D eigenvalue weighted by atomic mass is 10.1. The molecule has 0 aromatic carbocycles. The Hall–Kier alpha value is -0.190. The van der Waals surface area contributed by atoms with Gasteiger partial charge in [-0.3, -0.25) is 0 Å². The zero-order chi connectivity index (χ0) is 9.99. The lowest BCUT2D eigenvalue weighted by molar-refractivity contribution is -0.172. The number of halogens is 3. The minimum Gasteiger partial charge on any atom is -0.455 e. The van der Waals surface area contributed by atoms with Crippen LogP contribution in [0.2, 0.25) is 0 Å². The normalized spacial score (nSPS) is 12.8. The third-order valence-electron chi connectivity index (χ3n) is 1.45. The molecule has 0 bridgehead atoms. The van der Waals surface area contributed by atoms with E-state index in [1.165, 1.54) is 0 Å². The van der Waals surface area contributed by atoms with Gasteiger partial charge in [-0.15, -0.1) is 0 Å². The molecule has 0 amide bonds. The summed E-state index contributed by atoms with van der Waals surface area (Å²) in [5.74, 6) is -1.55. The number of esters is 1. The second-order valence-corrected chi connectivity index (χ2v) is 4.00. The molecule has 0 atom stereocenters. The lowest BCUT2D eigenvalue weighted by Crippen LogP contribution is -2.34. The second kappa shape index (κ2) is 3.68. The molecule has 0 aliphatic carbocycles. The minimum atomic E-state index is -3.58. The molecular weight excluding hydrogens is 234 g/mol. The zero-order valence-corrected chi connectivity index (χ0v) is 8.74. The summed E-state index contributed by atoms with van der Waals surface area (Å²) in [5, 5.41) is 0. The van der Waals surface area contributed by atoms with Crippen LogP contribution in [0.3, 0.4) is 0 Å². The molecule has 0 spiro atoms. The predicted molar refractivity (Wildman–Crippen MR) is 44.3 cm³/mol. The highest BCUT2D eigenvalue weighted by Crippen LogP contribution is 2.26. The van der Waals surface area contributed by atoms with Crippen LogP contribution in [0, 0.1) is 0 Å². The van der Waals surface area contributed by atoms with Gasteiger partial charge in [-0.2, -0.15) is 8.78 Å². The summed E-state index contributed by atoms with van der Waals surface area (Å²) >= 11 is 1.92. The molecule has 12 heavy (non-hydrogen) atoms. The van der Waals surface area contributed by atoms with Gasteiger partial charge in [0.25, 0.3) is 0 Å². The fraction of sp³-hybridized carbons (Fsp3) is 0.857. The highest BCUT2D eigenvalue weighted by atomic mass is 79.9. The molecule has 72 valence electrons. The van der Waals surface area contributed by atoms with E-state index in [2.05, 4.69) is 4.74 Å². The molecule has 5 heteroatoms. The zero-order valence-electron chi connectivity index (χ0n) is 7.16. The van der Waals surface area contributed by atoms with E-state index >= 15 is 0 Å². The molecule has 0 aliphatic rings. The van der Waals surface area contributed by atoms with Gasteiger partial charge >= 0.3 is 10.8 Å². The monoisotopic (exact) mass is 244 g/mol. The highest BCUT2D eigenvalue weighted by molar-refractivity contribution is 9.10. The van der Waals surface area contributed by atoms with Gasteiger partial charge in [0.1, 0.15) is 5.60 Å². The van der Waals surface area contributed by atoms with Gasteiger partial charge < -0.3 is 4.74 Å². The van der Waals surface area contributed by atoms with E-state index in [9.17, 15) is 13.6 Å². The van der Waals surface area contributed by atoms with Crippen molar-refractivity contribution < 1.29 is 18.3 Å². The third kappa shape index (κ3) is 3.99. The molecular formula is C7H11BrF2O2. The molecule has 0 saturated heterocycles. The summed E-state index contributed by atoms with van der Waals surface area (Å²) in [5.41, 5.74) is -0.839. The largest absolute Gasteiger partial charge is 0.455 e. The van der Waals surface area contributed by atoms with Crippen LogP contribution in [-0.4, -0.2) is 16.4 Å². The van der Waals surface area contributed by atoms with Gasteiger partial charge in [0.05, 0.1) is 0 Å². The number of rotatable bonds is 3. The van der Waals surface area contributed by atoms with Crippen LogP contribution >= 0.6 is 15.9 Å². The molecule has 0 aromatic heterocycles. The lowest BCUT2D eigenvalue weighted by Gasteiger charge is -2.24. The van der Waals surface area contributed by atoms with Crippen molar-refractivity contribution in [1.29, 1.82) is 0 Å². The summed E-state index contributed by atoms with van der Waals surface area (Å²) in [6.07, 6.45) is 0.488. The fourth-order valence-corrected chi connectivity index (χ4v) is 0.462. The quantitative estimate of drug-likeness (QED) is 0.564. The van der Waals surface area contributed by atoms with E-state index in [-0.39, 0.29) is 0 Å². The minimum absolute atomic E-state index is 0.488. The molecule has 0 heterocycles. The highest BCUT2D eigenvalue weighted by Gasteiger charge is 2.40. The Labute approximate surface area is 78.4 Å². The SMILES string of the molecule is CCC(C)(C)OC(=O)C(F)(F)Br. The van der Waals surface area contributed by atoms with E-state index in [4.69, 9.17) is 0 Å². The van der Waals surface area contributed by atoms with Crippen LogP contribution < -0.4 is 0 Å². The first kappa shape index (κ1) is 11.8. The summed E-state index contributed by atoms with van der Waals surface area (Å²) < 4.78 is 29.0. The van der Waals surface area contributed by atoms with Gasteiger partial charge in [0, 0.05) is 15.9 Å². The van der Waals surface area contributed by atoms with Crippen LogP contribution in [0.15, 0.2) is 0 Å². The molecule has 2 nitrogen and oxygen atoms in total. The molecule has 0 N–H and O–H groups in total. The maximum Gasteiger partial charge on any atom is 0.396 e. The first-order valence-electron chi connectivity index (χ1n) is 3.49. The van der Waals surface area contributed by atoms with Crippen LogP contribution in [0.1, 0.15) is 27.2 Å². The summed E-state index contributed by atoms with van der Waals surface area (Å²) in [6, 6.07) is 0. The van der Waals surface area contributed by atoms with Crippen LogP contribution in [0.5, 0.6) is 0 Å². The molecule has 0 aliphatic heterocycles. The molecule has 0 unspecified atom stereocenters. The maximum atomic E-state index is 12.2. The number of ether oxygens (including phenoxy) is 1. The Morgan fingerprint density at radius 3 is 2.17 bits per heavy atom. The van der Waals surface area contributed by atoms with Gasteiger partial charge in [-0.05, 0) is 20.3 Å². The smallest absolute Gasteiger partial charge is 0.396 e. The van der Waals surface area contributed by atoms with Gasteiger partial charge in [0.2, 0.25) is 0 Å². The first-order chi connectivity index (χ1) is 5.19. The van der Waals surface area contributed by atoms with Crippen molar-refractivity contribution in [1.82, 2.24) is 0 Å². The van der Waals surface area contributed by atoms with Crippen molar-refractivity contribution in [3.63, 3.8) is 0 Å². The topological polar surface area (TPSA) is 26.3 Å². The molecule has 0 fully saturated rings. The van der Waals surface area contributed by atoms with Crippen molar-refractivity contribution >= 4 is 21.9 Å². The van der Waals surface area contributed by atoms with Crippen molar-refractivity contribution in [2.45, 2.75) is 37.6 Å². The number of hydrogen-bond donors (Lipinski definition) is 0. The van der Waals surface area contributed by atoms with Crippen molar-refractivity contribution in [2.75, 3.05) is 0 Å². The number of hydrogen-bond acceptors (Lipinski definition) is 2. The second-order valence-electron chi connectivity index (χ2n) is 3.00. The van der Waals surface area contributed by atoms with E-state index in [0.717, 1.165) is 0 Å². The molecule has 0 saturated carbocycles. The van der Waals surface area contributed by atoms with Crippen molar-refractivity contribution in [3.8, 4) is 0 Å². The van der Waals surface area contributed by atoms with Gasteiger partial charge in [-0.1, -0.05) is 6.92 Å². The first-order valence-corrected chi connectivity index (χ1v) is 4.28. The van der Waals surface area contributed by atoms with Crippen molar-refractivity contribution in [2.24, 2.45) is 0 Å². The predicted octanol–water partition coefficient (Wildman–Crippen LogP) is 2.71. The van der Waals surface area contributed by atoms with Crippen LogP contribution in [0.25, 0.3) is 0 Å². The Balaban J connectivity index is 4.20. The van der Waals surface area contributed by atoms with Crippen LogP contribution in [-0.2, 0) is 9.53 Å². The molecule has 0 aromatic rings. The molecule has 0 radical (unpaired) electrons.